The van der Waals surface area contributed by atoms with Gasteiger partial charge >= 0.3 is 0 Å². The van der Waals surface area contributed by atoms with Crippen LogP contribution in [0.5, 0.6) is 5.75 Å². The van der Waals surface area contributed by atoms with Gasteiger partial charge in [-0.3, -0.25) is 0 Å². The molecule has 0 heterocycles. The molecule has 0 aliphatic rings. The van der Waals surface area contributed by atoms with Gasteiger partial charge in [0.15, 0.2) is 0 Å². The van der Waals surface area contributed by atoms with Crippen molar-refractivity contribution in [1.82, 2.24) is 0 Å². The van der Waals surface area contributed by atoms with E-state index >= 15 is 0 Å². The van der Waals surface area contributed by atoms with Crippen molar-refractivity contribution in [3.8, 4) is 5.75 Å². The Kier molecular flexibility index (Phi) is 3.75. The summed E-state index contributed by atoms with van der Waals surface area (Å²) in [6.45, 7) is 6.38. The Morgan fingerprint density at radius 3 is 2.50 bits per heavy atom. The molecule has 0 unspecified atom stereocenters. The Bertz CT molecular complexity index is 320. The van der Waals surface area contributed by atoms with Crippen LogP contribution in [0, 0.1) is 0 Å². The van der Waals surface area contributed by atoms with Crippen LogP contribution >= 0.6 is 15.9 Å². The number of halogens is 1. The zero-order valence-electron chi connectivity index (χ0n) is 8.67. The van der Waals surface area contributed by atoms with Gasteiger partial charge in [-0.05, 0) is 37.8 Å². The van der Waals surface area contributed by atoms with E-state index in [1.807, 2.05) is 18.2 Å². The molecule has 14 heavy (non-hydrogen) atoms. The Balaban J connectivity index is 2.97. The average Bonchev–Trinajstić information content (AvgIpc) is 2.06. The van der Waals surface area contributed by atoms with E-state index < -0.39 is 8.32 Å². The van der Waals surface area contributed by atoms with Crippen molar-refractivity contribution in [2.24, 2.45) is 0 Å². The highest BCUT2D eigenvalue weighted by Gasteiger charge is 2.17. The molecule has 4 heteroatoms. The van der Waals surface area contributed by atoms with Crippen molar-refractivity contribution in [3.05, 3.63) is 28.2 Å². The zero-order chi connectivity index (χ0) is 10.8. The maximum Gasteiger partial charge on any atom is 0.242 e. The lowest BCUT2D eigenvalue weighted by atomic mass is 10.2. The number of aliphatic hydroxyl groups excluding tert-OH is 1. The predicted molar refractivity (Wildman–Crippen MR) is 64.0 cm³/mol. The Morgan fingerprint density at radius 1 is 1.36 bits per heavy atom. The first-order valence-electron chi connectivity index (χ1n) is 4.51. The van der Waals surface area contributed by atoms with Crippen LogP contribution in [-0.4, -0.2) is 13.4 Å². The first-order chi connectivity index (χ1) is 6.42. The molecule has 2 nitrogen and oxygen atoms in total. The highest BCUT2D eigenvalue weighted by atomic mass is 79.9. The molecule has 1 aromatic rings. The van der Waals surface area contributed by atoms with Gasteiger partial charge in [0.1, 0.15) is 5.75 Å². The second-order valence-corrected chi connectivity index (χ2v) is 9.47. The minimum atomic E-state index is -1.59. The van der Waals surface area contributed by atoms with Crippen molar-refractivity contribution in [3.63, 3.8) is 0 Å². The van der Waals surface area contributed by atoms with Crippen LogP contribution in [0.25, 0.3) is 0 Å². The molecule has 0 aromatic heterocycles. The van der Waals surface area contributed by atoms with E-state index in [2.05, 4.69) is 35.6 Å². The summed E-state index contributed by atoms with van der Waals surface area (Å²) in [6, 6.07) is 5.71. The van der Waals surface area contributed by atoms with Gasteiger partial charge in [0.05, 0.1) is 6.61 Å². The van der Waals surface area contributed by atoms with Crippen molar-refractivity contribution in [2.45, 2.75) is 26.2 Å². The van der Waals surface area contributed by atoms with E-state index in [0.717, 1.165) is 15.8 Å². The van der Waals surface area contributed by atoms with Crippen molar-refractivity contribution >= 4 is 24.2 Å². The zero-order valence-corrected chi connectivity index (χ0v) is 11.3. The van der Waals surface area contributed by atoms with Gasteiger partial charge in [-0.15, -0.1) is 0 Å². The smallest absolute Gasteiger partial charge is 0.242 e. The molecule has 0 aliphatic carbocycles. The number of benzene rings is 1. The predicted octanol–water partition coefficient (Wildman–Crippen LogP) is 3.16. The molecule has 0 radical (unpaired) electrons. The van der Waals surface area contributed by atoms with E-state index in [1.54, 1.807) is 0 Å². The number of aliphatic hydroxyl groups is 1. The molecule has 78 valence electrons. The first kappa shape index (κ1) is 11.7. The summed E-state index contributed by atoms with van der Waals surface area (Å²) in [7, 11) is -1.59. The molecule has 0 saturated carbocycles. The van der Waals surface area contributed by atoms with Gasteiger partial charge < -0.3 is 9.53 Å². The van der Waals surface area contributed by atoms with Crippen LogP contribution in [0.3, 0.4) is 0 Å². The fourth-order valence-corrected chi connectivity index (χ4v) is 2.37. The van der Waals surface area contributed by atoms with Crippen LogP contribution in [0.1, 0.15) is 5.56 Å². The monoisotopic (exact) mass is 274 g/mol. The van der Waals surface area contributed by atoms with Gasteiger partial charge in [0.25, 0.3) is 0 Å². The summed E-state index contributed by atoms with van der Waals surface area (Å²) in [5.74, 6) is 0.801. The normalized spacial score (nSPS) is 11.5. The molecule has 0 bridgehead atoms. The Morgan fingerprint density at radius 2 is 2.00 bits per heavy atom. The van der Waals surface area contributed by atoms with Crippen molar-refractivity contribution in [2.75, 3.05) is 0 Å². The molecule has 0 atom stereocenters. The Hall–Kier alpha value is -0.323. The molecule has 0 spiro atoms. The lowest BCUT2D eigenvalue weighted by molar-refractivity contribution is 0.278. The Labute approximate surface area is 94.2 Å². The largest absolute Gasteiger partial charge is 0.544 e. The fourth-order valence-electron chi connectivity index (χ4n) is 1.10. The van der Waals surface area contributed by atoms with Crippen molar-refractivity contribution in [1.29, 1.82) is 0 Å². The third-order valence-electron chi connectivity index (χ3n) is 1.61. The van der Waals surface area contributed by atoms with Crippen LogP contribution in [0.4, 0.5) is 0 Å². The number of hydrogen-bond donors (Lipinski definition) is 1. The second kappa shape index (κ2) is 4.46. The average molecular weight is 275 g/mol. The maximum atomic E-state index is 9.15. The molecule has 0 fully saturated rings. The topological polar surface area (TPSA) is 29.5 Å². The second-order valence-electron chi connectivity index (χ2n) is 4.12. The lowest BCUT2D eigenvalue weighted by Crippen LogP contribution is -2.29. The van der Waals surface area contributed by atoms with E-state index in [9.17, 15) is 0 Å². The summed E-state index contributed by atoms with van der Waals surface area (Å²) in [5.41, 5.74) is 0.835. The van der Waals surface area contributed by atoms with Crippen molar-refractivity contribution < 1.29 is 9.53 Å². The van der Waals surface area contributed by atoms with Gasteiger partial charge in [0, 0.05) is 10.0 Å². The summed E-state index contributed by atoms with van der Waals surface area (Å²) in [6.07, 6.45) is 0. The molecule has 1 aromatic carbocycles. The summed E-state index contributed by atoms with van der Waals surface area (Å²) in [4.78, 5) is 0. The third-order valence-corrected chi connectivity index (χ3v) is 2.93. The molecule has 0 saturated heterocycles. The van der Waals surface area contributed by atoms with E-state index in [4.69, 9.17) is 9.53 Å². The molecule has 1 rings (SSSR count). The molecule has 0 aliphatic heterocycles. The SMILES string of the molecule is C[Si](C)(C)Oc1ccc(Br)cc1CO. The van der Waals surface area contributed by atoms with Crippen LogP contribution in [-0.2, 0) is 6.61 Å². The fraction of sp³-hybridized carbons (Fsp3) is 0.400. The maximum absolute atomic E-state index is 9.15. The quantitative estimate of drug-likeness (QED) is 0.859. The first-order valence-corrected chi connectivity index (χ1v) is 8.71. The minimum Gasteiger partial charge on any atom is -0.544 e. The van der Waals surface area contributed by atoms with E-state index in [1.165, 1.54) is 0 Å². The van der Waals surface area contributed by atoms with Crippen LogP contribution in [0.2, 0.25) is 19.6 Å². The molecule has 1 N–H and O–H groups in total. The summed E-state index contributed by atoms with van der Waals surface area (Å²) < 4.78 is 6.80. The summed E-state index contributed by atoms with van der Waals surface area (Å²) >= 11 is 3.36. The van der Waals surface area contributed by atoms with Crippen LogP contribution < -0.4 is 4.43 Å². The van der Waals surface area contributed by atoms with Gasteiger partial charge in [-0.1, -0.05) is 15.9 Å². The lowest BCUT2D eigenvalue weighted by Gasteiger charge is -2.21. The molecular formula is C10H15BrO2Si. The molecular weight excluding hydrogens is 260 g/mol. The van der Waals surface area contributed by atoms with Gasteiger partial charge in [-0.25, -0.2) is 0 Å². The summed E-state index contributed by atoms with van der Waals surface area (Å²) in [5, 5.41) is 9.15. The van der Waals surface area contributed by atoms with Gasteiger partial charge in [0.2, 0.25) is 8.32 Å². The minimum absolute atomic E-state index is 0.0131. The van der Waals surface area contributed by atoms with E-state index in [-0.39, 0.29) is 6.61 Å². The van der Waals surface area contributed by atoms with Gasteiger partial charge in [-0.2, -0.15) is 0 Å². The highest BCUT2D eigenvalue weighted by Crippen LogP contribution is 2.25. The molecule has 0 amide bonds. The van der Waals surface area contributed by atoms with Crippen LogP contribution in [0.15, 0.2) is 22.7 Å². The highest BCUT2D eigenvalue weighted by molar-refractivity contribution is 9.10. The number of hydrogen-bond acceptors (Lipinski definition) is 2. The number of rotatable bonds is 3. The standard InChI is InChI=1S/C10H15BrO2Si/c1-14(2,3)13-10-5-4-9(11)6-8(10)7-12/h4-6,12H,7H2,1-3H3. The van der Waals surface area contributed by atoms with E-state index in [0.29, 0.717) is 0 Å². The third kappa shape index (κ3) is 3.44.